The van der Waals surface area contributed by atoms with E-state index in [9.17, 15) is 0 Å². The van der Waals surface area contributed by atoms with Crippen molar-refractivity contribution in [3.8, 4) is 0 Å². The van der Waals surface area contributed by atoms with Crippen LogP contribution in [0.1, 0.15) is 43.1 Å². The molecule has 0 aliphatic heterocycles. The van der Waals surface area contributed by atoms with Crippen LogP contribution in [0, 0.1) is 6.92 Å². The van der Waals surface area contributed by atoms with Gasteiger partial charge in [-0.3, -0.25) is 4.99 Å². The molecule has 0 aliphatic carbocycles. The predicted molar refractivity (Wildman–Crippen MR) is 100 cm³/mol. The van der Waals surface area contributed by atoms with E-state index in [-0.39, 0.29) is 0 Å². The monoisotopic (exact) mass is 327 g/mol. The third-order valence-corrected chi connectivity index (χ3v) is 4.02. The van der Waals surface area contributed by atoms with Gasteiger partial charge in [-0.15, -0.1) is 0 Å². The summed E-state index contributed by atoms with van der Waals surface area (Å²) in [7, 11) is 1.81. The van der Waals surface area contributed by atoms with Gasteiger partial charge in [0.15, 0.2) is 5.96 Å². The summed E-state index contributed by atoms with van der Waals surface area (Å²) in [5.41, 5.74) is 2.53. The number of hydrogen-bond acceptors (Lipinski definition) is 2. The van der Waals surface area contributed by atoms with Crippen LogP contribution < -0.4 is 10.6 Å². The Hall–Kier alpha value is -2.30. The average molecular weight is 327 g/mol. The first-order valence-electron chi connectivity index (χ1n) is 8.73. The molecular weight excluding hydrogens is 298 g/mol. The number of benzene rings is 1. The van der Waals surface area contributed by atoms with Gasteiger partial charge in [0.2, 0.25) is 0 Å². The standard InChI is InChI=1S/C19H29N5/c1-4-5-6-10-22-19(20-3)23-14-17-8-7-9-18(13-17)15-24-12-11-21-16(24)2/h7-9,11-13H,4-6,10,14-15H2,1-3H3,(H2,20,22,23). The molecule has 5 nitrogen and oxygen atoms in total. The Labute approximate surface area is 145 Å². The van der Waals surface area contributed by atoms with Gasteiger partial charge in [-0.25, -0.2) is 4.98 Å². The van der Waals surface area contributed by atoms with Crippen molar-refractivity contribution in [3.05, 3.63) is 53.6 Å². The third kappa shape index (κ3) is 5.72. The van der Waals surface area contributed by atoms with Crippen molar-refractivity contribution in [1.82, 2.24) is 20.2 Å². The molecule has 0 spiro atoms. The molecule has 0 bridgehead atoms. The van der Waals surface area contributed by atoms with Gasteiger partial charge in [0.1, 0.15) is 5.82 Å². The smallest absolute Gasteiger partial charge is 0.191 e. The molecule has 0 saturated carbocycles. The van der Waals surface area contributed by atoms with Crippen LogP contribution in [0.5, 0.6) is 0 Å². The topological polar surface area (TPSA) is 54.2 Å². The van der Waals surface area contributed by atoms with Gasteiger partial charge in [0, 0.05) is 39.1 Å². The van der Waals surface area contributed by atoms with Crippen LogP contribution in [-0.4, -0.2) is 29.1 Å². The van der Waals surface area contributed by atoms with Crippen LogP contribution >= 0.6 is 0 Å². The van der Waals surface area contributed by atoms with Gasteiger partial charge >= 0.3 is 0 Å². The summed E-state index contributed by atoms with van der Waals surface area (Å²) < 4.78 is 2.15. The first-order chi connectivity index (χ1) is 11.7. The fraction of sp³-hybridized carbons (Fsp3) is 0.474. The molecule has 0 amide bonds. The minimum atomic E-state index is 0.768. The SMILES string of the molecule is CCCCCNC(=NC)NCc1cccc(Cn2ccnc2C)c1. The number of aliphatic imine (C=N–C) groups is 1. The maximum Gasteiger partial charge on any atom is 0.191 e. The molecule has 5 heteroatoms. The summed E-state index contributed by atoms with van der Waals surface area (Å²) in [5, 5.41) is 6.74. The van der Waals surface area contributed by atoms with Crippen molar-refractivity contribution >= 4 is 5.96 Å². The molecule has 2 aromatic rings. The highest BCUT2D eigenvalue weighted by atomic mass is 15.2. The molecule has 0 atom stereocenters. The van der Waals surface area contributed by atoms with Gasteiger partial charge in [-0.2, -0.15) is 0 Å². The summed E-state index contributed by atoms with van der Waals surface area (Å²) in [5.74, 6) is 1.90. The zero-order valence-corrected chi connectivity index (χ0v) is 15.0. The summed E-state index contributed by atoms with van der Waals surface area (Å²) in [6.07, 6.45) is 7.52. The molecule has 0 fully saturated rings. The third-order valence-electron chi connectivity index (χ3n) is 4.02. The molecular formula is C19H29N5. The summed E-state index contributed by atoms with van der Waals surface area (Å²) in [6, 6.07) is 8.63. The summed E-state index contributed by atoms with van der Waals surface area (Å²) in [6.45, 7) is 6.83. The van der Waals surface area contributed by atoms with E-state index in [4.69, 9.17) is 0 Å². The van der Waals surface area contributed by atoms with E-state index in [1.165, 1.54) is 30.4 Å². The Kier molecular flexibility index (Phi) is 7.33. The Balaban J connectivity index is 1.86. The van der Waals surface area contributed by atoms with E-state index < -0.39 is 0 Å². The molecule has 24 heavy (non-hydrogen) atoms. The molecule has 130 valence electrons. The van der Waals surface area contributed by atoms with E-state index in [1.54, 1.807) is 0 Å². The van der Waals surface area contributed by atoms with Gasteiger partial charge < -0.3 is 15.2 Å². The van der Waals surface area contributed by atoms with E-state index in [1.807, 2.05) is 26.4 Å². The molecule has 1 heterocycles. The number of hydrogen-bond donors (Lipinski definition) is 2. The van der Waals surface area contributed by atoms with Crippen molar-refractivity contribution < 1.29 is 0 Å². The first-order valence-corrected chi connectivity index (χ1v) is 8.73. The summed E-state index contributed by atoms with van der Waals surface area (Å²) in [4.78, 5) is 8.55. The lowest BCUT2D eigenvalue weighted by Crippen LogP contribution is -2.37. The number of nitrogens with zero attached hydrogens (tertiary/aromatic N) is 3. The lowest BCUT2D eigenvalue weighted by atomic mass is 10.1. The quantitative estimate of drug-likeness (QED) is 0.445. The fourth-order valence-electron chi connectivity index (χ4n) is 2.59. The molecule has 0 radical (unpaired) electrons. The maximum atomic E-state index is 4.28. The molecule has 0 unspecified atom stereocenters. The molecule has 2 N–H and O–H groups in total. The Bertz CT molecular complexity index is 645. The predicted octanol–water partition coefficient (Wildman–Crippen LogP) is 3.10. The van der Waals surface area contributed by atoms with E-state index >= 15 is 0 Å². The van der Waals surface area contributed by atoms with Crippen LogP contribution in [0.3, 0.4) is 0 Å². The van der Waals surface area contributed by atoms with Crippen LogP contribution in [0.4, 0.5) is 0 Å². The Morgan fingerprint density at radius 3 is 2.75 bits per heavy atom. The first kappa shape index (κ1) is 18.0. The maximum absolute atomic E-state index is 4.28. The van der Waals surface area contributed by atoms with Crippen LogP contribution in [0.25, 0.3) is 0 Å². The zero-order chi connectivity index (χ0) is 17.2. The minimum Gasteiger partial charge on any atom is -0.356 e. The van der Waals surface area contributed by atoms with E-state index in [0.29, 0.717) is 0 Å². The number of aromatic nitrogens is 2. The van der Waals surface area contributed by atoms with Gasteiger partial charge in [-0.1, -0.05) is 44.0 Å². The van der Waals surface area contributed by atoms with Crippen LogP contribution in [-0.2, 0) is 13.1 Å². The number of imidazole rings is 1. The van der Waals surface area contributed by atoms with Crippen molar-refractivity contribution in [2.75, 3.05) is 13.6 Å². The highest BCUT2D eigenvalue weighted by Gasteiger charge is 2.02. The summed E-state index contributed by atoms with van der Waals surface area (Å²) >= 11 is 0. The van der Waals surface area contributed by atoms with Crippen molar-refractivity contribution in [3.63, 3.8) is 0 Å². The lowest BCUT2D eigenvalue weighted by molar-refractivity contribution is 0.682. The van der Waals surface area contributed by atoms with Crippen LogP contribution in [0.15, 0.2) is 41.7 Å². The average Bonchev–Trinajstić information content (AvgIpc) is 2.99. The Morgan fingerprint density at radius 2 is 2.04 bits per heavy atom. The molecule has 0 saturated heterocycles. The van der Waals surface area contributed by atoms with Crippen molar-refractivity contribution in [1.29, 1.82) is 0 Å². The number of rotatable bonds is 8. The highest BCUT2D eigenvalue weighted by Crippen LogP contribution is 2.08. The van der Waals surface area contributed by atoms with Gasteiger partial charge in [0.05, 0.1) is 0 Å². The minimum absolute atomic E-state index is 0.768. The normalized spacial score (nSPS) is 11.5. The van der Waals surface area contributed by atoms with Gasteiger partial charge in [-0.05, 0) is 24.5 Å². The van der Waals surface area contributed by atoms with Gasteiger partial charge in [0.25, 0.3) is 0 Å². The van der Waals surface area contributed by atoms with E-state index in [0.717, 1.165) is 31.4 Å². The number of unbranched alkanes of at least 4 members (excludes halogenated alkanes) is 2. The second-order valence-electron chi connectivity index (χ2n) is 5.98. The number of aryl methyl sites for hydroxylation is 1. The molecule has 1 aromatic heterocycles. The van der Waals surface area contributed by atoms with Crippen molar-refractivity contribution in [2.45, 2.75) is 46.2 Å². The molecule has 1 aromatic carbocycles. The Morgan fingerprint density at radius 1 is 1.21 bits per heavy atom. The van der Waals surface area contributed by atoms with Crippen molar-refractivity contribution in [2.24, 2.45) is 4.99 Å². The zero-order valence-electron chi connectivity index (χ0n) is 15.0. The second kappa shape index (κ2) is 9.75. The molecule has 0 aliphatic rings. The molecule has 2 rings (SSSR count). The highest BCUT2D eigenvalue weighted by molar-refractivity contribution is 5.79. The second-order valence-corrected chi connectivity index (χ2v) is 5.98. The largest absolute Gasteiger partial charge is 0.356 e. The number of nitrogens with one attached hydrogen (secondary N) is 2. The number of guanidine groups is 1. The van der Waals surface area contributed by atoms with E-state index in [2.05, 4.69) is 56.4 Å². The fourth-order valence-corrected chi connectivity index (χ4v) is 2.59. The lowest BCUT2D eigenvalue weighted by Gasteiger charge is -2.13. The van der Waals surface area contributed by atoms with Crippen LogP contribution in [0.2, 0.25) is 0 Å².